The van der Waals surface area contributed by atoms with Crippen LogP contribution < -0.4 is 0 Å². The van der Waals surface area contributed by atoms with Crippen LogP contribution in [0.15, 0.2) is 47.6 Å². The van der Waals surface area contributed by atoms with Gasteiger partial charge in [0.25, 0.3) is 0 Å². The number of oxime groups is 1. The van der Waals surface area contributed by atoms with E-state index in [2.05, 4.69) is 22.3 Å². The van der Waals surface area contributed by atoms with Crippen LogP contribution in [0.4, 0.5) is 0 Å². The van der Waals surface area contributed by atoms with Crippen molar-refractivity contribution in [2.75, 3.05) is 0 Å². The first-order valence-corrected chi connectivity index (χ1v) is 5.06. The lowest BCUT2D eigenvalue weighted by Crippen LogP contribution is -1.79. The second-order valence-corrected chi connectivity index (χ2v) is 3.72. The zero-order valence-electron chi connectivity index (χ0n) is 8.51. The molecule has 3 nitrogen and oxygen atoms in total. The molecule has 0 aliphatic carbocycles. The molecule has 78 valence electrons. The van der Waals surface area contributed by atoms with Gasteiger partial charge >= 0.3 is 0 Å². The molecule has 2 aromatic carbocycles. The number of fused-ring (bicyclic) bond motifs is 3. The number of aromatic amines is 1. The maximum atomic E-state index is 8.49. The van der Waals surface area contributed by atoms with Crippen molar-refractivity contribution in [2.24, 2.45) is 5.16 Å². The monoisotopic (exact) mass is 210 g/mol. The number of aromatic nitrogens is 1. The number of hydrogen-bond acceptors (Lipinski definition) is 2. The Morgan fingerprint density at radius 2 is 1.81 bits per heavy atom. The van der Waals surface area contributed by atoms with Gasteiger partial charge in [0.05, 0.1) is 6.21 Å². The summed E-state index contributed by atoms with van der Waals surface area (Å²) in [7, 11) is 0. The molecule has 0 aliphatic heterocycles. The zero-order chi connectivity index (χ0) is 11.0. The van der Waals surface area contributed by atoms with Crippen LogP contribution in [0.3, 0.4) is 0 Å². The number of H-pyrrole nitrogens is 1. The Kier molecular flexibility index (Phi) is 1.90. The van der Waals surface area contributed by atoms with Gasteiger partial charge in [-0.3, -0.25) is 0 Å². The molecule has 0 saturated heterocycles. The third-order valence-corrected chi connectivity index (χ3v) is 2.74. The van der Waals surface area contributed by atoms with Crippen molar-refractivity contribution in [1.82, 2.24) is 4.98 Å². The van der Waals surface area contributed by atoms with E-state index in [0.29, 0.717) is 0 Å². The minimum atomic E-state index is 0.876. The lowest BCUT2D eigenvalue weighted by Gasteiger charge is -1.93. The van der Waals surface area contributed by atoms with Crippen molar-refractivity contribution in [2.45, 2.75) is 0 Å². The van der Waals surface area contributed by atoms with Gasteiger partial charge in [0, 0.05) is 21.8 Å². The predicted octanol–water partition coefficient (Wildman–Crippen LogP) is 3.13. The summed E-state index contributed by atoms with van der Waals surface area (Å²) in [5.74, 6) is 0. The normalized spacial score (nSPS) is 11.8. The van der Waals surface area contributed by atoms with Gasteiger partial charge in [-0.05, 0) is 17.7 Å². The standard InChI is InChI=1S/C13H10N2O/c16-14-8-9-5-6-11-10-3-1-2-4-12(10)15-13(11)7-9/h1-8,15-16H. The van der Waals surface area contributed by atoms with E-state index in [9.17, 15) is 0 Å². The highest BCUT2D eigenvalue weighted by atomic mass is 16.4. The molecule has 3 heteroatoms. The van der Waals surface area contributed by atoms with Crippen molar-refractivity contribution in [3.05, 3.63) is 48.0 Å². The highest BCUT2D eigenvalue weighted by molar-refractivity contribution is 6.08. The van der Waals surface area contributed by atoms with Crippen LogP contribution in [-0.2, 0) is 0 Å². The summed E-state index contributed by atoms with van der Waals surface area (Å²) in [6.45, 7) is 0. The van der Waals surface area contributed by atoms with Gasteiger partial charge in [-0.15, -0.1) is 0 Å². The summed E-state index contributed by atoms with van der Waals surface area (Å²) in [6.07, 6.45) is 1.42. The fourth-order valence-electron chi connectivity index (χ4n) is 2.02. The zero-order valence-corrected chi connectivity index (χ0v) is 8.51. The molecular formula is C13H10N2O. The first-order valence-electron chi connectivity index (χ1n) is 5.06. The minimum Gasteiger partial charge on any atom is -0.411 e. The van der Waals surface area contributed by atoms with Crippen LogP contribution in [0.25, 0.3) is 21.8 Å². The first kappa shape index (κ1) is 8.97. The van der Waals surface area contributed by atoms with Gasteiger partial charge in [0.1, 0.15) is 0 Å². The average molecular weight is 210 g/mol. The lowest BCUT2D eigenvalue weighted by molar-refractivity contribution is 0.322. The number of para-hydroxylation sites is 1. The summed E-state index contributed by atoms with van der Waals surface area (Å²) in [5, 5.41) is 13.9. The van der Waals surface area contributed by atoms with Crippen molar-refractivity contribution in [1.29, 1.82) is 0 Å². The van der Waals surface area contributed by atoms with E-state index in [1.165, 1.54) is 17.0 Å². The Morgan fingerprint density at radius 3 is 2.69 bits per heavy atom. The lowest BCUT2D eigenvalue weighted by atomic mass is 10.1. The number of hydrogen-bond donors (Lipinski definition) is 2. The molecule has 0 radical (unpaired) electrons. The molecule has 0 bridgehead atoms. The Balaban J connectivity index is 2.36. The van der Waals surface area contributed by atoms with E-state index in [1.54, 1.807) is 0 Å². The summed E-state index contributed by atoms with van der Waals surface area (Å²) in [5.41, 5.74) is 3.05. The van der Waals surface area contributed by atoms with E-state index in [-0.39, 0.29) is 0 Å². The smallest absolute Gasteiger partial charge is 0.0734 e. The summed E-state index contributed by atoms with van der Waals surface area (Å²) in [4.78, 5) is 3.33. The molecule has 0 spiro atoms. The molecule has 3 rings (SSSR count). The molecule has 16 heavy (non-hydrogen) atoms. The fourth-order valence-corrected chi connectivity index (χ4v) is 2.02. The highest BCUT2D eigenvalue weighted by Gasteiger charge is 2.02. The molecule has 0 fully saturated rings. The third kappa shape index (κ3) is 1.26. The second-order valence-electron chi connectivity index (χ2n) is 3.72. The molecule has 0 saturated carbocycles. The number of nitrogens with one attached hydrogen (secondary N) is 1. The average Bonchev–Trinajstić information content (AvgIpc) is 2.67. The Labute approximate surface area is 92.0 Å². The maximum Gasteiger partial charge on any atom is 0.0734 e. The van der Waals surface area contributed by atoms with E-state index in [1.807, 2.05) is 30.3 Å². The summed E-state index contributed by atoms with van der Waals surface area (Å²) in [6, 6.07) is 14.1. The van der Waals surface area contributed by atoms with Crippen LogP contribution in [0.1, 0.15) is 5.56 Å². The quantitative estimate of drug-likeness (QED) is 0.362. The Hall–Kier alpha value is -2.29. The second kappa shape index (κ2) is 3.38. The Morgan fingerprint density at radius 1 is 1.00 bits per heavy atom. The van der Waals surface area contributed by atoms with E-state index in [0.717, 1.165) is 16.6 Å². The van der Waals surface area contributed by atoms with Crippen molar-refractivity contribution >= 4 is 28.0 Å². The van der Waals surface area contributed by atoms with Gasteiger partial charge in [-0.25, -0.2) is 0 Å². The molecule has 0 amide bonds. The van der Waals surface area contributed by atoms with Gasteiger partial charge in [-0.1, -0.05) is 35.5 Å². The van der Waals surface area contributed by atoms with Gasteiger partial charge in [0.2, 0.25) is 0 Å². The van der Waals surface area contributed by atoms with Crippen molar-refractivity contribution in [3.63, 3.8) is 0 Å². The van der Waals surface area contributed by atoms with Crippen molar-refractivity contribution < 1.29 is 5.21 Å². The largest absolute Gasteiger partial charge is 0.411 e. The fraction of sp³-hybridized carbons (Fsp3) is 0. The van der Waals surface area contributed by atoms with Crippen molar-refractivity contribution in [3.8, 4) is 0 Å². The maximum absolute atomic E-state index is 8.49. The van der Waals surface area contributed by atoms with Crippen LogP contribution >= 0.6 is 0 Å². The van der Waals surface area contributed by atoms with Crippen LogP contribution in [0.2, 0.25) is 0 Å². The van der Waals surface area contributed by atoms with Gasteiger partial charge in [0.15, 0.2) is 0 Å². The van der Waals surface area contributed by atoms with Gasteiger partial charge in [-0.2, -0.15) is 0 Å². The SMILES string of the molecule is ON=Cc1ccc2c(c1)[nH]c1ccccc12. The molecule has 0 unspecified atom stereocenters. The highest BCUT2D eigenvalue weighted by Crippen LogP contribution is 2.25. The van der Waals surface area contributed by atoms with Crippen LogP contribution in [0, 0.1) is 0 Å². The molecule has 1 aromatic heterocycles. The molecule has 3 aromatic rings. The molecule has 0 atom stereocenters. The molecule has 2 N–H and O–H groups in total. The third-order valence-electron chi connectivity index (χ3n) is 2.74. The first-order chi connectivity index (χ1) is 7.88. The molecule has 1 heterocycles. The summed E-state index contributed by atoms with van der Waals surface area (Å²) >= 11 is 0. The number of nitrogens with zero attached hydrogens (tertiary/aromatic N) is 1. The summed E-state index contributed by atoms with van der Waals surface area (Å²) < 4.78 is 0. The van der Waals surface area contributed by atoms with E-state index in [4.69, 9.17) is 5.21 Å². The number of benzene rings is 2. The number of rotatable bonds is 1. The van der Waals surface area contributed by atoms with Crippen LogP contribution in [-0.4, -0.2) is 16.4 Å². The topological polar surface area (TPSA) is 48.4 Å². The molecule has 0 aliphatic rings. The van der Waals surface area contributed by atoms with E-state index < -0.39 is 0 Å². The Bertz CT molecular complexity index is 683. The minimum absolute atomic E-state index is 0.876. The predicted molar refractivity (Wildman–Crippen MR) is 65.2 cm³/mol. The van der Waals surface area contributed by atoms with Gasteiger partial charge < -0.3 is 10.2 Å². The van der Waals surface area contributed by atoms with Crippen LogP contribution in [0.5, 0.6) is 0 Å². The van der Waals surface area contributed by atoms with E-state index >= 15 is 0 Å². The molecular weight excluding hydrogens is 200 g/mol.